The van der Waals surface area contributed by atoms with E-state index < -0.39 is 0 Å². The topological polar surface area (TPSA) is 89.8 Å². The molecule has 0 aromatic heterocycles. The molecule has 1 aromatic carbocycles. The van der Waals surface area contributed by atoms with Gasteiger partial charge in [0.1, 0.15) is 5.75 Å². The minimum atomic E-state index is -0.284. The van der Waals surface area contributed by atoms with E-state index >= 15 is 0 Å². The Morgan fingerprint density at radius 1 is 1.22 bits per heavy atom. The number of benzene rings is 1. The summed E-state index contributed by atoms with van der Waals surface area (Å²) in [5.74, 6) is -0.0834. The predicted molar refractivity (Wildman–Crippen MR) is 67.0 cm³/mol. The molecule has 0 aliphatic carbocycles. The Labute approximate surface area is 106 Å². The smallest absolute Gasteiger partial charge is 0.219 e. The van der Waals surface area contributed by atoms with E-state index in [9.17, 15) is 9.90 Å². The summed E-state index contributed by atoms with van der Waals surface area (Å²) in [6.07, 6.45) is 1.03. The summed E-state index contributed by atoms with van der Waals surface area (Å²) in [5, 5.41) is 30.6. The summed E-state index contributed by atoms with van der Waals surface area (Å²) < 4.78 is 0. The highest BCUT2D eigenvalue weighted by Gasteiger charge is 2.09. The number of hydrogen-bond donors (Lipinski definition) is 4. The maximum absolute atomic E-state index is 11.1. The highest BCUT2D eigenvalue weighted by Crippen LogP contribution is 2.25. The fourth-order valence-corrected chi connectivity index (χ4v) is 1.69. The molecule has 0 aliphatic heterocycles. The largest absolute Gasteiger partial charge is 0.507 e. The van der Waals surface area contributed by atoms with Crippen LogP contribution in [0.3, 0.4) is 0 Å². The molecule has 4 N–H and O–H groups in total. The van der Waals surface area contributed by atoms with E-state index in [4.69, 9.17) is 10.2 Å². The number of carbonyl (C=O) groups is 1. The van der Waals surface area contributed by atoms with Gasteiger partial charge in [0.25, 0.3) is 0 Å². The van der Waals surface area contributed by atoms with Crippen molar-refractivity contribution in [2.45, 2.75) is 33.0 Å². The number of phenols is 1. The van der Waals surface area contributed by atoms with Crippen molar-refractivity contribution in [3.8, 4) is 5.75 Å². The molecule has 0 atom stereocenters. The number of nitrogens with one attached hydrogen (secondary N) is 1. The molecule has 1 amide bonds. The molecule has 0 spiro atoms. The van der Waals surface area contributed by atoms with Gasteiger partial charge in [0.2, 0.25) is 5.91 Å². The van der Waals surface area contributed by atoms with E-state index in [0.717, 1.165) is 5.56 Å². The summed E-state index contributed by atoms with van der Waals surface area (Å²) in [6, 6.07) is 3.35. The average molecular weight is 253 g/mol. The third-order valence-electron chi connectivity index (χ3n) is 2.73. The van der Waals surface area contributed by atoms with Crippen LogP contribution in [-0.2, 0) is 24.4 Å². The molecule has 0 saturated heterocycles. The van der Waals surface area contributed by atoms with Crippen molar-refractivity contribution in [3.63, 3.8) is 0 Å². The van der Waals surface area contributed by atoms with Crippen LogP contribution < -0.4 is 5.32 Å². The summed E-state index contributed by atoms with van der Waals surface area (Å²) in [6.45, 7) is 1.71. The van der Waals surface area contributed by atoms with Crippen LogP contribution in [0.1, 0.15) is 30.0 Å². The van der Waals surface area contributed by atoms with Crippen LogP contribution in [-0.4, -0.2) is 27.8 Å². The molecule has 18 heavy (non-hydrogen) atoms. The SMILES string of the molecule is CCC(=O)NCCc1cc(CO)c(O)c(CO)c1. The van der Waals surface area contributed by atoms with Crippen molar-refractivity contribution in [2.24, 2.45) is 0 Å². The monoisotopic (exact) mass is 253 g/mol. The highest BCUT2D eigenvalue weighted by molar-refractivity contribution is 5.75. The average Bonchev–Trinajstić information content (AvgIpc) is 2.39. The molecule has 0 heterocycles. The first-order chi connectivity index (χ1) is 8.62. The Kier molecular flexibility index (Phi) is 5.61. The van der Waals surface area contributed by atoms with E-state index in [-0.39, 0.29) is 24.9 Å². The number of aromatic hydroxyl groups is 1. The first kappa shape index (κ1) is 14.5. The predicted octanol–water partition coefficient (Wildman–Crippen LogP) is 0.445. The van der Waals surface area contributed by atoms with Crippen LogP contribution in [0.15, 0.2) is 12.1 Å². The molecule has 5 heteroatoms. The third kappa shape index (κ3) is 3.72. The Hall–Kier alpha value is -1.59. The molecule has 1 rings (SSSR count). The standard InChI is InChI=1S/C13H19NO4/c1-2-12(17)14-4-3-9-5-10(7-15)13(18)11(6-9)8-16/h5-6,15-16,18H,2-4,7-8H2,1H3,(H,14,17). The zero-order valence-corrected chi connectivity index (χ0v) is 10.4. The van der Waals surface area contributed by atoms with E-state index in [1.54, 1.807) is 19.1 Å². The zero-order valence-electron chi connectivity index (χ0n) is 10.4. The van der Waals surface area contributed by atoms with Crippen LogP contribution in [0.2, 0.25) is 0 Å². The van der Waals surface area contributed by atoms with E-state index in [0.29, 0.717) is 30.5 Å². The quantitative estimate of drug-likeness (QED) is 0.592. The van der Waals surface area contributed by atoms with Gasteiger partial charge in [-0.3, -0.25) is 4.79 Å². The minimum Gasteiger partial charge on any atom is -0.507 e. The van der Waals surface area contributed by atoms with Crippen LogP contribution in [0.25, 0.3) is 0 Å². The molecule has 5 nitrogen and oxygen atoms in total. The molecule has 0 fully saturated rings. The van der Waals surface area contributed by atoms with Crippen LogP contribution in [0.5, 0.6) is 5.75 Å². The van der Waals surface area contributed by atoms with Gasteiger partial charge in [-0.15, -0.1) is 0 Å². The molecule has 0 radical (unpaired) electrons. The van der Waals surface area contributed by atoms with Crippen molar-refractivity contribution in [2.75, 3.05) is 6.54 Å². The van der Waals surface area contributed by atoms with E-state index in [2.05, 4.69) is 5.32 Å². The lowest BCUT2D eigenvalue weighted by Gasteiger charge is -2.10. The second kappa shape index (κ2) is 6.98. The van der Waals surface area contributed by atoms with Crippen molar-refractivity contribution >= 4 is 5.91 Å². The first-order valence-electron chi connectivity index (χ1n) is 5.94. The van der Waals surface area contributed by atoms with Crippen molar-refractivity contribution in [1.82, 2.24) is 5.32 Å². The second-order valence-electron chi connectivity index (χ2n) is 4.03. The van der Waals surface area contributed by atoms with E-state index in [1.807, 2.05) is 0 Å². The van der Waals surface area contributed by atoms with Gasteiger partial charge in [-0.2, -0.15) is 0 Å². The summed E-state index contributed by atoms with van der Waals surface area (Å²) >= 11 is 0. The minimum absolute atomic E-state index is 0.0152. The van der Waals surface area contributed by atoms with Gasteiger partial charge in [0, 0.05) is 24.1 Å². The second-order valence-corrected chi connectivity index (χ2v) is 4.03. The normalized spacial score (nSPS) is 10.4. The maximum Gasteiger partial charge on any atom is 0.219 e. The van der Waals surface area contributed by atoms with Gasteiger partial charge in [0.15, 0.2) is 0 Å². The Morgan fingerprint density at radius 3 is 2.22 bits per heavy atom. The summed E-state index contributed by atoms with van der Waals surface area (Å²) in [7, 11) is 0. The van der Waals surface area contributed by atoms with Gasteiger partial charge in [-0.25, -0.2) is 0 Å². The number of aliphatic hydroxyl groups is 2. The van der Waals surface area contributed by atoms with Crippen molar-refractivity contribution in [1.29, 1.82) is 0 Å². The van der Waals surface area contributed by atoms with Gasteiger partial charge in [-0.1, -0.05) is 6.92 Å². The summed E-state index contributed by atoms with van der Waals surface area (Å²) in [4.78, 5) is 11.1. The van der Waals surface area contributed by atoms with Crippen LogP contribution in [0.4, 0.5) is 0 Å². The lowest BCUT2D eigenvalue weighted by atomic mass is 10.0. The fourth-order valence-electron chi connectivity index (χ4n) is 1.69. The van der Waals surface area contributed by atoms with Gasteiger partial charge in [-0.05, 0) is 24.1 Å². The van der Waals surface area contributed by atoms with Crippen LogP contribution in [0, 0.1) is 0 Å². The number of aliphatic hydroxyl groups excluding tert-OH is 2. The van der Waals surface area contributed by atoms with E-state index in [1.165, 1.54) is 0 Å². The molecular weight excluding hydrogens is 234 g/mol. The molecule has 100 valence electrons. The zero-order chi connectivity index (χ0) is 13.5. The maximum atomic E-state index is 11.1. The Balaban J connectivity index is 2.74. The van der Waals surface area contributed by atoms with Crippen molar-refractivity contribution < 1.29 is 20.1 Å². The van der Waals surface area contributed by atoms with Gasteiger partial charge >= 0.3 is 0 Å². The first-order valence-corrected chi connectivity index (χ1v) is 5.94. The lowest BCUT2D eigenvalue weighted by Crippen LogP contribution is -2.24. The van der Waals surface area contributed by atoms with Crippen LogP contribution >= 0.6 is 0 Å². The third-order valence-corrected chi connectivity index (χ3v) is 2.73. The van der Waals surface area contributed by atoms with Gasteiger partial charge in [0.05, 0.1) is 13.2 Å². The Morgan fingerprint density at radius 2 is 1.78 bits per heavy atom. The molecule has 0 saturated carbocycles. The number of hydrogen-bond acceptors (Lipinski definition) is 4. The Bertz CT molecular complexity index is 392. The number of carbonyl (C=O) groups excluding carboxylic acids is 1. The fraction of sp³-hybridized carbons (Fsp3) is 0.462. The number of rotatable bonds is 6. The molecule has 1 aromatic rings. The molecule has 0 aliphatic rings. The molecule has 0 unspecified atom stereocenters. The lowest BCUT2D eigenvalue weighted by molar-refractivity contribution is -0.120. The van der Waals surface area contributed by atoms with Crippen molar-refractivity contribution in [3.05, 3.63) is 28.8 Å². The summed E-state index contributed by atoms with van der Waals surface area (Å²) in [5.41, 5.74) is 1.63. The number of amides is 1. The highest BCUT2D eigenvalue weighted by atomic mass is 16.3. The molecule has 0 bridgehead atoms. The van der Waals surface area contributed by atoms with Gasteiger partial charge < -0.3 is 20.6 Å². The molecular formula is C13H19NO4.